The lowest BCUT2D eigenvalue weighted by molar-refractivity contribution is -0.124. The van der Waals surface area contributed by atoms with E-state index in [0.29, 0.717) is 12.0 Å². The third kappa shape index (κ3) is 2.71. The quantitative estimate of drug-likeness (QED) is 0.789. The van der Waals surface area contributed by atoms with Gasteiger partial charge in [-0.1, -0.05) is 26.7 Å². The molecule has 2 aliphatic carbocycles. The van der Waals surface area contributed by atoms with Crippen molar-refractivity contribution in [1.82, 2.24) is 5.32 Å². The maximum Gasteiger partial charge on any atom is 0.237 e. The van der Waals surface area contributed by atoms with Crippen molar-refractivity contribution in [1.29, 1.82) is 0 Å². The van der Waals surface area contributed by atoms with Crippen LogP contribution in [0, 0.1) is 23.7 Å². The minimum absolute atomic E-state index is 0.0413. The Balaban J connectivity index is 1.84. The Labute approximate surface area is 111 Å². The summed E-state index contributed by atoms with van der Waals surface area (Å²) in [5.74, 6) is 2.78. The van der Waals surface area contributed by atoms with E-state index < -0.39 is 0 Å². The van der Waals surface area contributed by atoms with Crippen molar-refractivity contribution in [2.24, 2.45) is 29.4 Å². The van der Waals surface area contributed by atoms with Crippen molar-refractivity contribution < 1.29 is 4.79 Å². The zero-order valence-electron chi connectivity index (χ0n) is 12.0. The monoisotopic (exact) mass is 252 g/mol. The van der Waals surface area contributed by atoms with E-state index in [2.05, 4.69) is 19.2 Å². The third-order valence-corrected chi connectivity index (χ3v) is 5.36. The normalized spacial score (nSPS) is 35.2. The lowest BCUT2D eigenvalue weighted by atomic mass is 9.83. The van der Waals surface area contributed by atoms with Crippen LogP contribution in [-0.4, -0.2) is 18.0 Å². The number of fused-ring (bicyclic) bond motifs is 2. The van der Waals surface area contributed by atoms with Gasteiger partial charge in [-0.2, -0.15) is 0 Å². The van der Waals surface area contributed by atoms with E-state index in [1.807, 2.05) is 6.92 Å². The lowest BCUT2D eigenvalue weighted by Crippen LogP contribution is -2.50. The number of carbonyl (C=O) groups excluding carboxylic acids is 1. The smallest absolute Gasteiger partial charge is 0.237 e. The van der Waals surface area contributed by atoms with E-state index in [0.717, 1.165) is 18.3 Å². The Morgan fingerprint density at radius 2 is 2.06 bits per heavy atom. The Hall–Kier alpha value is -0.570. The molecule has 2 rings (SSSR count). The minimum Gasteiger partial charge on any atom is -0.352 e. The van der Waals surface area contributed by atoms with Gasteiger partial charge in [0.2, 0.25) is 5.91 Å². The molecule has 1 amide bonds. The van der Waals surface area contributed by atoms with Crippen LogP contribution >= 0.6 is 0 Å². The fourth-order valence-electron chi connectivity index (χ4n) is 3.85. The van der Waals surface area contributed by atoms with Crippen LogP contribution in [0.15, 0.2) is 0 Å². The van der Waals surface area contributed by atoms with E-state index >= 15 is 0 Å². The molecule has 2 fully saturated rings. The summed E-state index contributed by atoms with van der Waals surface area (Å²) in [5.41, 5.74) is 5.98. The van der Waals surface area contributed by atoms with E-state index in [1.165, 1.54) is 25.7 Å². The van der Waals surface area contributed by atoms with Crippen molar-refractivity contribution in [3.05, 3.63) is 0 Å². The first-order valence-electron chi connectivity index (χ1n) is 7.58. The molecule has 3 N–H and O–H groups in total. The van der Waals surface area contributed by atoms with E-state index in [-0.39, 0.29) is 17.9 Å². The molecule has 0 heterocycles. The Bertz CT molecular complexity index is 305. The SMILES string of the molecule is CCC(C)C(N)C(=O)NC(C)C1CC2CCC1C2. The van der Waals surface area contributed by atoms with Crippen LogP contribution in [0.4, 0.5) is 0 Å². The summed E-state index contributed by atoms with van der Waals surface area (Å²) in [7, 11) is 0. The summed E-state index contributed by atoms with van der Waals surface area (Å²) >= 11 is 0. The molecule has 0 aliphatic heterocycles. The van der Waals surface area contributed by atoms with Crippen LogP contribution in [0.3, 0.4) is 0 Å². The Morgan fingerprint density at radius 1 is 1.33 bits per heavy atom. The van der Waals surface area contributed by atoms with Gasteiger partial charge in [0.05, 0.1) is 6.04 Å². The average Bonchev–Trinajstić information content (AvgIpc) is 2.98. The first kappa shape index (κ1) is 13.9. The second-order valence-electron chi connectivity index (χ2n) is 6.55. The molecule has 104 valence electrons. The lowest BCUT2D eigenvalue weighted by Gasteiger charge is -2.30. The minimum atomic E-state index is -0.351. The van der Waals surface area contributed by atoms with Gasteiger partial charge in [0.1, 0.15) is 0 Å². The molecule has 0 aromatic heterocycles. The van der Waals surface area contributed by atoms with Gasteiger partial charge in [-0.05, 0) is 49.9 Å². The number of hydrogen-bond donors (Lipinski definition) is 2. The predicted octanol–water partition coefficient (Wildman–Crippen LogP) is 2.30. The van der Waals surface area contributed by atoms with Crippen LogP contribution < -0.4 is 11.1 Å². The van der Waals surface area contributed by atoms with Crippen molar-refractivity contribution in [2.45, 2.75) is 65.0 Å². The summed E-state index contributed by atoms with van der Waals surface area (Å²) in [5, 5.41) is 3.16. The molecule has 0 radical (unpaired) electrons. The maximum absolute atomic E-state index is 12.1. The van der Waals surface area contributed by atoms with Crippen LogP contribution in [-0.2, 0) is 4.79 Å². The molecule has 0 spiro atoms. The molecule has 3 heteroatoms. The summed E-state index contributed by atoms with van der Waals surface area (Å²) in [6.07, 6.45) is 6.44. The molecule has 0 aromatic rings. The molecule has 6 atom stereocenters. The van der Waals surface area contributed by atoms with E-state index in [4.69, 9.17) is 5.73 Å². The summed E-state index contributed by atoms with van der Waals surface area (Å²) in [4.78, 5) is 12.1. The number of hydrogen-bond acceptors (Lipinski definition) is 2. The van der Waals surface area contributed by atoms with Crippen molar-refractivity contribution in [3.8, 4) is 0 Å². The van der Waals surface area contributed by atoms with Crippen LogP contribution in [0.5, 0.6) is 0 Å². The first-order chi connectivity index (χ1) is 8.52. The molecule has 2 saturated carbocycles. The highest BCUT2D eigenvalue weighted by Gasteiger charge is 2.42. The zero-order chi connectivity index (χ0) is 13.3. The molecule has 2 bridgehead atoms. The number of nitrogens with two attached hydrogens (primary N) is 1. The predicted molar refractivity (Wildman–Crippen MR) is 74.0 cm³/mol. The van der Waals surface area contributed by atoms with Crippen molar-refractivity contribution >= 4 is 5.91 Å². The Kier molecular flexibility index (Phi) is 4.31. The zero-order valence-corrected chi connectivity index (χ0v) is 12.0. The van der Waals surface area contributed by atoms with Gasteiger partial charge in [0.25, 0.3) is 0 Å². The van der Waals surface area contributed by atoms with E-state index in [9.17, 15) is 4.79 Å². The van der Waals surface area contributed by atoms with Gasteiger partial charge < -0.3 is 11.1 Å². The van der Waals surface area contributed by atoms with Crippen molar-refractivity contribution in [3.63, 3.8) is 0 Å². The molecule has 18 heavy (non-hydrogen) atoms. The second-order valence-corrected chi connectivity index (χ2v) is 6.55. The van der Waals surface area contributed by atoms with Gasteiger partial charge in [0.15, 0.2) is 0 Å². The molecular weight excluding hydrogens is 224 g/mol. The summed E-state index contributed by atoms with van der Waals surface area (Å²) in [6.45, 7) is 6.29. The van der Waals surface area contributed by atoms with Crippen LogP contribution in [0.25, 0.3) is 0 Å². The van der Waals surface area contributed by atoms with Crippen LogP contribution in [0.2, 0.25) is 0 Å². The number of amides is 1. The summed E-state index contributed by atoms with van der Waals surface area (Å²) in [6, 6.07) is -0.0565. The van der Waals surface area contributed by atoms with E-state index in [1.54, 1.807) is 0 Å². The van der Waals surface area contributed by atoms with Gasteiger partial charge in [-0.15, -0.1) is 0 Å². The maximum atomic E-state index is 12.1. The first-order valence-corrected chi connectivity index (χ1v) is 7.58. The molecule has 0 saturated heterocycles. The fraction of sp³-hybridized carbons (Fsp3) is 0.933. The Morgan fingerprint density at radius 3 is 2.56 bits per heavy atom. The number of rotatable bonds is 5. The fourth-order valence-corrected chi connectivity index (χ4v) is 3.85. The standard InChI is InChI=1S/C15H28N2O/c1-4-9(2)14(16)15(18)17-10(3)13-8-11-5-6-12(13)7-11/h9-14H,4-8,16H2,1-3H3,(H,17,18). The van der Waals surface area contributed by atoms with Gasteiger partial charge in [0, 0.05) is 6.04 Å². The van der Waals surface area contributed by atoms with Crippen LogP contribution in [0.1, 0.15) is 52.9 Å². The second kappa shape index (κ2) is 5.60. The average molecular weight is 252 g/mol. The largest absolute Gasteiger partial charge is 0.352 e. The van der Waals surface area contributed by atoms with Gasteiger partial charge in [-0.25, -0.2) is 0 Å². The topological polar surface area (TPSA) is 55.1 Å². The highest BCUT2D eigenvalue weighted by atomic mass is 16.2. The number of nitrogens with one attached hydrogen (secondary N) is 1. The molecular formula is C15H28N2O. The highest BCUT2D eigenvalue weighted by molar-refractivity contribution is 5.82. The van der Waals surface area contributed by atoms with Gasteiger partial charge >= 0.3 is 0 Å². The molecule has 2 aliphatic rings. The van der Waals surface area contributed by atoms with Crippen molar-refractivity contribution in [2.75, 3.05) is 0 Å². The third-order valence-electron chi connectivity index (χ3n) is 5.36. The molecule has 3 nitrogen and oxygen atoms in total. The summed E-state index contributed by atoms with van der Waals surface area (Å²) < 4.78 is 0. The van der Waals surface area contributed by atoms with Gasteiger partial charge in [-0.3, -0.25) is 4.79 Å². The highest BCUT2D eigenvalue weighted by Crippen LogP contribution is 2.49. The molecule has 0 aromatic carbocycles. The number of carbonyl (C=O) groups is 1. The molecule has 6 unspecified atom stereocenters.